The molecule has 1 aromatic rings. The number of carbonyl (C=O) groups is 1. The Morgan fingerprint density at radius 3 is 2.71 bits per heavy atom. The average molecular weight is 294 g/mol. The predicted octanol–water partition coefficient (Wildman–Crippen LogP) is 2.21. The molecule has 118 valence electrons. The van der Waals surface area contributed by atoms with Gasteiger partial charge in [-0.15, -0.1) is 0 Å². The fraction of sp³-hybridized carbons (Fsp3) is 0.562. The highest BCUT2D eigenvalue weighted by Crippen LogP contribution is 2.16. The lowest BCUT2D eigenvalue weighted by Crippen LogP contribution is -2.25. The molecule has 0 aliphatic carbocycles. The van der Waals surface area contributed by atoms with E-state index in [0.717, 1.165) is 24.2 Å². The number of rotatable bonds is 10. The summed E-state index contributed by atoms with van der Waals surface area (Å²) in [6.07, 6.45) is 0.796. The van der Waals surface area contributed by atoms with E-state index in [2.05, 4.69) is 17.6 Å². The van der Waals surface area contributed by atoms with E-state index in [1.165, 1.54) is 0 Å². The number of methoxy groups -OCH3 is 1. The molecule has 0 aliphatic rings. The zero-order chi connectivity index (χ0) is 15.5. The van der Waals surface area contributed by atoms with Crippen molar-refractivity contribution in [2.45, 2.75) is 20.3 Å². The first-order valence-electron chi connectivity index (χ1n) is 7.38. The van der Waals surface area contributed by atoms with Gasteiger partial charge in [0, 0.05) is 38.1 Å². The Morgan fingerprint density at radius 2 is 2.05 bits per heavy atom. The fourth-order valence-electron chi connectivity index (χ4n) is 1.92. The normalized spacial score (nSPS) is 10.4. The van der Waals surface area contributed by atoms with Crippen molar-refractivity contribution < 1.29 is 14.3 Å². The molecule has 0 aliphatic heterocycles. The lowest BCUT2D eigenvalue weighted by molar-refractivity contribution is 0.0688. The van der Waals surface area contributed by atoms with Crippen molar-refractivity contribution in [2.24, 2.45) is 0 Å². The monoisotopic (exact) mass is 294 g/mol. The first-order valence-corrected chi connectivity index (χ1v) is 7.38. The van der Waals surface area contributed by atoms with E-state index in [0.29, 0.717) is 31.9 Å². The Hall–Kier alpha value is -1.59. The van der Waals surface area contributed by atoms with Crippen LogP contribution in [-0.4, -0.2) is 45.9 Å². The van der Waals surface area contributed by atoms with Gasteiger partial charge in [0.25, 0.3) is 5.91 Å². The highest BCUT2D eigenvalue weighted by atomic mass is 16.5. The summed E-state index contributed by atoms with van der Waals surface area (Å²) in [5, 5.41) is 6.16. The van der Waals surface area contributed by atoms with Crippen molar-refractivity contribution in [2.75, 3.05) is 45.3 Å². The van der Waals surface area contributed by atoms with Crippen molar-refractivity contribution in [1.82, 2.24) is 5.32 Å². The molecule has 5 nitrogen and oxygen atoms in total. The van der Waals surface area contributed by atoms with Crippen LogP contribution in [0, 0.1) is 6.92 Å². The third-order valence-corrected chi connectivity index (χ3v) is 3.04. The van der Waals surface area contributed by atoms with Gasteiger partial charge in [-0.3, -0.25) is 4.79 Å². The number of hydrogen-bond acceptors (Lipinski definition) is 4. The number of amides is 1. The highest BCUT2D eigenvalue weighted by Gasteiger charge is 2.06. The molecule has 1 amide bonds. The standard InChI is InChI=1S/C16H26N2O3/c1-4-17-15-7-6-14(12-13(15)2)16(19)18-8-5-9-21-11-10-20-3/h6-7,12,17H,4-5,8-11H2,1-3H3,(H,18,19). The van der Waals surface area contributed by atoms with Crippen LogP contribution in [0.25, 0.3) is 0 Å². The molecule has 0 radical (unpaired) electrons. The van der Waals surface area contributed by atoms with E-state index in [1.807, 2.05) is 25.1 Å². The largest absolute Gasteiger partial charge is 0.385 e. The highest BCUT2D eigenvalue weighted by molar-refractivity contribution is 5.94. The second-order valence-corrected chi connectivity index (χ2v) is 4.77. The van der Waals surface area contributed by atoms with Gasteiger partial charge in [0.2, 0.25) is 0 Å². The van der Waals surface area contributed by atoms with Crippen LogP contribution < -0.4 is 10.6 Å². The molecular weight excluding hydrogens is 268 g/mol. The summed E-state index contributed by atoms with van der Waals surface area (Å²) in [6, 6.07) is 5.69. The zero-order valence-corrected chi connectivity index (χ0v) is 13.2. The molecule has 0 bridgehead atoms. The smallest absolute Gasteiger partial charge is 0.251 e. The third-order valence-electron chi connectivity index (χ3n) is 3.04. The Kier molecular flexibility index (Phi) is 8.47. The molecule has 0 saturated carbocycles. The van der Waals surface area contributed by atoms with Gasteiger partial charge in [-0.2, -0.15) is 0 Å². The second-order valence-electron chi connectivity index (χ2n) is 4.77. The Balaban J connectivity index is 2.30. The number of carbonyl (C=O) groups excluding carboxylic acids is 1. The second kappa shape index (κ2) is 10.2. The quantitative estimate of drug-likeness (QED) is 0.650. The number of nitrogens with one attached hydrogen (secondary N) is 2. The molecule has 0 atom stereocenters. The summed E-state index contributed by atoms with van der Waals surface area (Å²) < 4.78 is 10.2. The van der Waals surface area contributed by atoms with Gasteiger partial charge in [0.05, 0.1) is 13.2 Å². The molecule has 2 N–H and O–H groups in total. The minimum absolute atomic E-state index is 0.0435. The van der Waals surface area contributed by atoms with E-state index >= 15 is 0 Å². The lowest BCUT2D eigenvalue weighted by atomic mass is 10.1. The van der Waals surface area contributed by atoms with Crippen LogP contribution in [0.5, 0.6) is 0 Å². The van der Waals surface area contributed by atoms with Crippen molar-refractivity contribution in [1.29, 1.82) is 0 Å². The van der Waals surface area contributed by atoms with Crippen LogP contribution in [0.4, 0.5) is 5.69 Å². The van der Waals surface area contributed by atoms with Gasteiger partial charge in [0.15, 0.2) is 0 Å². The van der Waals surface area contributed by atoms with Crippen LogP contribution in [0.15, 0.2) is 18.2 Å². The van der Waals surface area contributed by atoms with Gasteiger partial charge in [-0.05, 0) is 44.0 Å². The van der Waals surface area contributed by atoms with Crippen molar-refractivity contribution in [3.05, 3.63) is 29.3 Å². The van der Waals surface area contributed by atoms with E-state index < -0.39 is 0 Å². The van der Waals surface area contributed by atoms with E-state index in [4.69, 9.17) is 9.47 Å². The maximum absolute atomic E-state index is 12.0. The topological polar surface area (TPSA) is 59.6 Å². The van der Waals surface area contributed by atoms with Gasteiger partial charge in [-0.25, -0.2) is 0 Å². The van der Waals surface area contributed by atoms with Crippen LogP contribution in [0.1, 0.15) is 29.3 Å². The Labute approximate surface area is 127 Å². The molecule has 5 heteroatoms. The first kappa shape index (κ1) is 17.5. The third kappa shape index (κ3) is 6.60. The Bertz CT molecular complexity index is 436. The minimum atomic E-state index is -0.0435. The molecule has 1 rings (SSSR count). The molecule has 0 saturated heterocycles. The molecule has 21 heavy (non-hydrogen) atoms. The number of aryl methyl sites for hydroxylation is 1. The molecule has 0 heterocycles. The number of ether oxygens (including phenoxy) is 2. The van der Waals surface area contributed by atoms with Crippen LogP contribution in [0.2, 0.25) is 0 Å². The minimum Gasteiger partial charge on any atom is -0.385 e. The van der Waals surface area contributed by atoms with Crippen LogP contribution >= 0.6 is 0 Å². The van der Waals surface area contributed by atoms with Gasteiger partial charge in [0.1, 0.15) is 0 Å². The summed E-state index contributed by atoms with van der Waals surface area (Å²) in [6.45, 7) is 7.35. The summed E-state index contributed by atoms with van der Waals surface area (Å²) in [4.78, 5) is 12.0. The first-order chi connectivity index (χ1) is 10.2. The molecule has 0 spiro atoms. The van der Waals surface area contributed by atoms with Crippen molar-refractivity contribution in [3.63, 3.8) is 0 Å². The van der Waals surface area contributed by atoms with Crippen LogP contribution in [-0.2, 0) is 9.47 Å². The number of benzene rings is 1. The van der Waals surface area contributed by atoms with Gasteiger partial charge < -0.3 is 20.1 Å². The fourth-order valence-corrected chi connectivity index (χ4v) is 1.92. The number of hydrogen-bond donors (Lipinski definition) is 2. The molecular formula is C16H26N2O3. The van der Waals surface area contributed by atoms with Crippen molar-refractivity contribution >= 4 is 11.6 Å². The summed E-state index contributed by atoms with van der Waals surface area (Å²) in [5.74, 6) is -0.0435. The van der Waals surface area contributed by atoms with Crippen LogP contribution in [0.3, 0.4) is 0 Å². The van der Waals surface area contributed by atoms with Gasteiger partial charge >= 0.3 is 0 Å². The predicted molar refractivity (Wildman–Crippen MR) is 85.0 cm³/mol. The number of anilines is 1. The van der Waals surface area contributed by atoms with Crippen molar-refractivity contribution in [3.8, 4) is 0 Å². The zero-order valence-electron chi connectivity index (χ0n) is 13.2. The molecule has 0 aromatic heterocycles. The summed E-state index contributed by atoms with van der Waals surface area (Å²) in [5.41, 5.74) is 2.84. The van der Waals surface area contributed by atoms with E-state index in [1.54, 1.807) is 7.11 Å². The summed E-state index contributed by atoms with van der Waals surface area (Å²) in [7, 11) is 1.65. The van der Waals surface area contributed by atoms with E-state index in [-0.39, 0.29) is 5.91 Å². The summed E-state index contributed by atoms with van der Waals surface area (Å²) >= 11 is 0. The lowest BCUT2D eigenvalue weighted by Gasteiger charge is -2.10. The maximum atomic E-state index is 12.0. The maximum Gasteiger partial charge on any atom is 0.251 e. The Morgan fingerprint density at radius 1 is 1.24 bits per heavy atom. The van der Waals surface area contributed by atoms with Gasteiger partial charge in [-0.1, -0.05) is 0 Å². The van der Waals surface area contributed by atoms with E-state index in [9.17, 15) is 4.79 Å². The molecule has 0 unspecified atom stereocenters. The molecule has 1 aromatic carbocycles. The SMILES string of the molecule is CCNc1ccc(C(=O)NCCCOCCOC)cc1C. The molecule has 0 fully saturated rings. The average Bonchev–Trinajstić information content (AvgIpc) is 2.48.